The van der Waals surface area contributed by atoms with Crippen LogP contribution in [-0.2, 0) is 11.0 Å². The summed E-state index contributed by atoms with van der Waals surface area (Å²) in [5.41, 5.74) is 0. The fraction of sp³-hybridized carbons (Fsp3) is 1.00. The SMILES string of the molecule is CCCS(=O)N1CC2CCC(O)C2C1. The Kier molecular flexibility index (Phi) is 3.24. The van der Waals surface area contributed by atoms with E-state index in [4.69, 9.17) is 0 Å². The third kappa shape index (κ3) is 1.88. The van der Waals surface area contributed by atoms with Gasteiger partial charge in [-0.25, -0.2) is 8.51 Å². The van der Waals surface area contributed by atoms with E-state index in [2.05, 4.69) is 11.2 Å². The van der Waals surface area contributed by atoms with Crippen LogP contribution in [-0.4, -0.2) is 38.6 Å². The van der Waals surface area contributed by atoms with Crippen molar-refractivity contribution in [2.24, 2.45) is 11.8 Å². The van der Waals surface area contributed by atoms with Gasteiger partial charge in [0.2, 0.25) is 0 Å². The molecule has 4 atom stereocenters. The molecule has 1 aliphatic carbocycles. The second kappa shape index (κ2) is 4.29. The third-order valence-electron chi connectivity index (χ3n) is 3.45. The van der Waals surface area contributed by atoms with Crippen LogP contribution in [0.25, 0.3) is 0 Å². The molecule has 0 amide bonds. The summed E-state index contributed by atoms with van der Waals surface area (Å²) in [5.74, 6) is 1.77. The Balaban J connectivity index is 1.92. The van der Waals surface area contributed by atoms with Crippen molar-refractivity contribution in [2.45, 2.75) is 32.3 Å². The summed E-state index contributed by atoms with van der Waals surface area (Å²) in [6.07, 6.45) is 2.90. The molecule has 0 aromatic rings. The Bertz CT molecular complexity index is 234. The van der Waals surface area contributed by atoms with Gasteiger partial charge in [-0.2, -0.15) is 0 Å². The Hall–Kier alpha value is 0.0700. The van der Waals surface area contributed by atoms with Gasteiger partial charge in [-0.3, -0.25) is 0 Å². The highest BCUT2D eigenvalue weighted by Crippen LogP contribution is 2.38. The number of aliphatic hydroxyl groups is 1. The summed E-state index contributed by atoms with van der Waals surface area (Å²) < 4.78 is 13.8. The van der Waals surface area contributed by atoms with Crippen molar-refractivity contribution in [2.75, 3.05) is 18.8 Å². The molecule has 3 nitrogen and oxygen atoms in total. The van der Waals surface area contributed by atoms with Crippen LogP contribution < -0.4 is 0 Å². The summed E-state index contributed by atoms with van der Waals surface area (Å²) >= 11 is 0. The maximum Gasteiger partial charge on any atom is 0.0942 e. The quantitative estimate of drug-likeness (QED) is 0.758. The van der Waals surface area contributed by atoms with Crippen LogP contribution in [0.2, 0.25) is 0 Å². The maximum absolute atomic E-state index is 11.7. The van der Waals surface area contributed by atoms with Crippen LogP contribution in [0.1, 0.15) is 26.2 Å². The van der Waals surface area contributed by atoms with Crippen molar-refractivity contribution in [1.29, 1.82) is 0 Å². The van der Waals surface area contributed by atoms with E-state index in [1.165, 1.54) is 0 Å². The van der Waals surface area contributed by atoms with Gasteiger partial charge >= 0.3 is 0 Å². The van der Waals surface area contributed by atoms with E-state index in [1.807, 2.05) is 0 Å². The summed E-state index contributed by atoms with van der Waals surface area (Å²) in [4.78, 5) is 0. The van der Waals surface area contributed by atoms with Crippen molar-refractivity contribution >= 4 is 11.0 Å². The molecule has 0 radical (unpaired) electrons. The standard InChI is InChI=1S/C10H19NO2S/c1-2-5-14(13)11-6-8-3-4-10(12)9(8)7-11/h8-10,12H,2-7H2,1H3. The lowest BCUT2D eigenvalue weighted by molar-refractivity contribution is 0.130. The second-order valence-electron chi connectivity index (χ2n) is 4.44. The van der Waals surface area contributed by atoms with Gasteiger partial charge in [-0.15, -0.1) is 0 Å². The number of fused-ring (bicyclic) bond motifs is 1. The van der Waals surface area contributed by atoms with Crippen LogP contribution in [0.15, 0.2) is 0 Å². The van der Waals surface area contributed by atoms with Gasteiger partial charge < -0.3 is 5.11 Å². The summed E-state index contributed by atoms with van der Waals surface area (Å²) in [6, 6.07) is 0. The van der Waals surface area contributed by atoms with E-state index < -0.39 is 11.0 Å². The van der Waals surface area contributed by atoms with Gasteiger partial charge in [0.25, 0.3) is 0 Å². The normalized spacial score (nSPS) is 40.0. The average Bonchev–Trinajstić information content (AvgIpc) is 2.69. The molecule has 4 unspecified atom stereocenters. The van der Waals surface area contributed by atoms with Gasteiger partial charge in [0.15, 0.2) is 0 Å². The highest BCUT2D eigenvalue weighted by Gasteiger charge is 2.43. The first-order valence-electron chi connectivity index (χ1n) is 5.54. The molecule has 1 aliphatic heterocycles. The van der Waals surface area contributed by atoms with Crippen molar-refractivity contribution in [3.8, 4) is 0 Å². The topological polar surface area (TPSA) is 40.5 Å². The van der Waals surface area contributed by atoms with Gasteiger partial charge in [-0.1, -0.05) is 6.92 Å². The molecule has 0 spiro atoms. The first-order valence-corrected chi connectivity index (χ1v) is 6.81. The number of nitrogens with zero attached hydrogens (tertiary/aromatic N) is 1. The zero-order valence-electron chi connectivity index (χ0n) is 8.69. The molecule has 4 heteroatoms. The number of rotatable bonds is 3. The van der Waals surface area contributed by atoms with Crippen LogP contribution in [0.3, 0.4) is 0 Å². The molecule has 1 N–H and O–H groups in total. The molecule has 2 rings (SSSR count). The second-order valence-corrected chi connectivity index (χ2v) is 6.01. The predicted molar refractivity (Wildman–Crippen MR) is 57.1 cm³/mol. The van der Waals surface area contributed by atoms with E-state index in [1.54, 1.807) is 0 Å². The predicted octanol–water partition coefficient (Wildman–Crippen LogP) is 0.763. The molecule has 0 aromatic heterocycles. The zero-order valence-corrected chi connectivity index (χ0v) is 9.50. The fourth-order valence-corrected chi connectivity index (χ4v) is 3.97. The monoisotopic (exact) mass is 217 g/mol. The van der Waals surface area contributed by atoms with E-state index in [0.717, 1.165) is 38.1 Å². The fourth-order valence-electron chi connectivity index (χ4n) is 2.67. The van der Waals surface area contributed by atoms with Gasteiger partial charge in [0, 0.05) is 24.8 Å². The zero-order chi connectivity index (χ0) is 10.1. The molecule has 0 bridgehead atoms. The minimum Gasteiger partial charge on any atom is -0.393 e. The van der Waals surface area contributed by atoms with Crippen molar-refractivity contribution < 1.29 is 9.32 Å². The first-order chi connectivity index (χ1) is 6.72. The van der Waals surface area contributed by atoms with Crippen LogP contribution in [0.4, 0.5) is 0 Å². The Labute approximate surface area is 88.1 Å². The highest BCUT2D eigenvalue weighted by molar-refractivity contribution is 7.82. The Morgan fingerprint density at radius 1 is 1.43 bits per heavy atom. The molecule has 1 saturated heterocycles. The maximum atomic E-state index is 11.7. The number of hydrogen-bond acceptors (Lipinski definition) is 2. The van der Waals surface area contributed by atoms with Crippen molar-refractivity contribution in [1.82, 2.24) is 4.31 Å². The minimum atomic E-state index is -0.797. The van der Waals surface area contributed by atoms with Gasteiger partial charge in [-0.05, 0) is 25.2 Å². The van der Waals surface area contributed by atoms with E-state index in [9.17, 15) is 9.32 Å². The molecular weight excluding hydrogens is 198 g/mol. The molecule has 14 heavy (non-hydrogen) atoms. The van der Waals surface area contributed by atoms with E-state index in [0.29, 0.717) is 11.8 Å². The Morgan fingerprint density at radius 2 is 2.21 bits per heavy atom. The largest absolute Gasteiger partial charge is 0.393 e. The Morgan fingerprint density at radius 3 is 2.86 bits per heavy atom. The van der Waals surface area contributed by atoms with Crippen molar-refractivity contribution in [3.63, 3.8) is 0 Å². The first kappa shape index (κ1) is 10.6. The van der Waals surface area contributed by atoms with Gasteiger partial charge in [0.1, 0.15) is 0 Å². The summed E-state index contributed by atoms with van der Waals surface area (Å²) in [6.45, 7) is 3.84. The molecule has 2 fully saturated rings. The molecule has 0 aromatic carbocycles. The van der Waals surface area contributed by atoms with Crippen LogP contribution in [0, 0.1) is 11.8 Å². The summed E-state index contributed by atoms with van der Waals surface area (Å²) in [5, 5.41) is 9.70. The molecule has 1 saturated carbocycles. The van der Waals surface area contributed by atoms with Crippen LogP contribution >= 0.6 is 0 Å². The highest BCUT2D eigenvalue weighted by atomic mass is 32.2. The lowest BCUT2D eigenvalue weighted by Crippen LogP contribution is -2.28. The van der Waals surface area contributed by atoms with E-state index >= 15 is 0 Å². The average molecular weight is 217 g/mol. The third-order valence-corrected chi connectivity index (χ3v) is 5.08. The molecule has 1 heterocycles. The van der Waals surface area contributed by atoms with Gasteiger partial charge in [0.05, 0.1) is 17.1 Å². The summed E-state index contributed by atoms with van der Waals surface area (Å²) in [7, 11) is -0.797. The lowest BCUT2D eigenvalue weighted by atomic mass is 10.00. The molecule has 2 aliphatic rings. The number of hydrogen-bond donors (Lipinski definition) is 1. The number of aliphatic hydroxyl groups excluding tert-OH is 1. The minimum absolute atomic E-state index is 0.136. The van der Waals surface area contributed by atoms with E-state index in [-0.39, 0.29) is 6.10 Å². The van der Waals surface area contributed by atoms with Crippen LogP contribution in [0.5, 0.6) is 0 Å². The smallest absolute Gasteiger partial charge is 0.0942 e. The lowest BCUT2D eigenvalue weighted by Gasteiger charge is -2.16. The van der Waals surface area contributed by atoms with Crippen molar-refractivity contribution in [3.05, 3.63) is 0 Å². The molecular formula is C10H19NO2S. The molecule has 82 valence electrons.